The Morgan fingerprint density at radius 2 is 1.92 bits per heavy atom. The molecule has 25 heavy (non-hydrogen) atoms. The summed E-state index contributed by atoms with van der Waals surface area (Å²) in [5.41, 5.74) is 2.62. The van der Waals surface area contributed by atoms with Gasteiger partial charge in [-0.1, -0.05) is 31.0 Å². The number of aryl methyl sites for hydroxylation is 1. The van der Waals surface area contributed by atoms with Crippen molar-refractivity contribution in [3.8, 4) is 0 Å². The van der Waals surface area contributed by atoms with E-state index in [0.29, 0.717) is 6.54 Å². The van der Waals surface area contributed by atoms with Crippen molar-refractivity contribution in [2.75, 3.05) is 30.3 Å². The number of sulfone groups is 1. The first-order valence-corrected chi connectivity index (χ1v) is 11.1. The Labute approximate surface area is 150 Å². The van der Waals surface area contributed by atoms with Gasteiger partial charge in [0.05, 0.1) is 11.0 Å². The van der Waals surface area contributed by atoms with Crippen molar-refractivity contribution in [3.05, 3.63) is 29.8 Å². The first-order chi connectivity index (χ1) is 12.1. The van der Waals surface area contributed by atoms with Crippen LogP contribution in [0, 0.1) is 0 Å². The average Bonchev–Trinajstić information content (AvgIpc) is 3.16. The van der Waals surface area contributed by atoms with E-state index in [1.165, 1.54) is 11.3 Å². The number of hydrogen-bond acceptors (Lipinski definition) is 4. The standard InChI is InChI=1S/C19H28N2O3S/c22-19(11-15-25(23,24)17-8-2-3-9-17)20-12-14-21-13-5-7-16-6-1-4-10-18(16)21/h1,4,6,10,17H,2-3,5,7-9,11-15H2,(H,20,22). The molecule has 0 aromatic heterocycles. The van der Waals surface area contributed by atoms with E-state index in [9.17, 15) is 13.2 Å². The van der Waals surface area contributed by atoms with Gasteiger partial charge in [-0.15, -0.1) is 0 Å². The number of amides is 1. The van der Waals surface area contributed by atoms with Crippen LogP contribution in [0.4, 0.5) is 5.69 Å². The quantitative estimate of drug-likeness (QED) is 0.806. The van der Waals surface area contributed by atoms with E-state index >= 15 is 0 Å². The third-order valence-electron chi connectivity index (χ3n) is 5.33. The molecule has 1 amide bonds. The minimum absolute atomic E-state index is 0.0178. The van der Waals surface area contributed by atoms with Crippen LogP contribution in [0.1, 0.15) is 44.1 Å². The third kappa shape index (κ3) is 4.75. The van der Waals surface area contributed by atoms with Crippen molar-refractivity contribution in [3.63, 3.8) is 0 Å². The van der Waals surface area contributed by atoms with E-state index < -0.39 is 9.84 Å². The average molecular weight is 365 g/mol. The lowest BCUT2D eigenvalue weighted by Gasteiger charge is -2.31. The van der Waals surface area contributed by atoms with Crippen LogP contribution in [0.3, 0.4) is 0 Å². The smallest absolute Gasteiger partial charge is 0.221 e. The molecule has 0 spiro atoms. The Kier molecular flexibility index (Phi) is 5.99. The third-order valence-corrected chi connectivity index (χ3v) is 7.59. The normalized spacial score (nSPS) is 18.2. The van der Waals surface area contributed by atoms with Gasteiger partial charge < -0.3 is 10.2 Å². The highest BCUT2D eigenvalue weighted by Crippen LogP contribution is 2.26. The van der Waals surface area contributed by atoms with Crippen molar-refractivity contribution in [1.82, 2.24) is 5.32 Å². The van der Waals surface area contributed by atoms with Gasteiger partial charge >= 0.3 is 0 Å². The highest BCUT2D eigenvalue weighted by atomic mass is 32.2. The fraction of sp³-hybridized carbons (Fsp3) is 0.632. The molecule has 138 valence electrons. The molecule has 0 atom stereocenters. The van der Waals surface area contributed by atoms with Gasteiger partial charge in [0.15, 0.2) is 9.84 Å². The molecular weight excluding hydrogens is 336 g/mol. The van der Waals surface area contributed by atoms with Crippen LogP contribution < -0.4 is 10.2 Å². The van der Waals surface area contributed by atoms with Gasteiger partial charge in [0, 0.05) is 31.7 Å². The van der Waals surface area contributed by atoms with Gasteiger partial charge in [-0.25, -0.2) is 8.42 Å². The number of nitrogens with one attached hydrogen (secondary N) is 1. The number of carbonyl (C=O) groups excluding carboxylic acids is 1. The lowest BCUT2D eigenvalue weighted by atomic mass is 10.0. The summed E-state index contributed by atoms with van der Waals surface area (Å²) < 4.78 is 24.4. The lowest BCUT2D eigenvalue weighted by molar-refractivity contribution is -0.120. The largest absolute Gasteiger partial charge is 0.370 e. The summed E-state index contributed by atoms with van der Waals surface area (Å²) >= 11 is 0. The molecule has 1 saturated carbocycles. The Morgan fingerprint density at radius 3 is 2.72 bits per heavy atom. The van der Waals surface area contributed by atoms with Crippen LogP contribution in [0.2, 0.25) is 0 Å². The molecule has 0 radical (unpaired) electrons. The molecule has 0 bridgehead atoms. The second kappa shape index (κ2) is 8.21. The molecule has 0 unspecified atom stereocenters. The zero-order valence-electron chi connectivity index (χ0n) is 14.7. The summed E-state index contributed by atoms with van der Waals surface area (Å²) in [4.78, 5) is 14.3. The summed E-state index contributed by atoms with van der Waals surface area (Å²) in [5.74, 6) is -0.178. The highest BCUT2D eigenvalue weighted by Gasteiger charge is 2.28. The molecule has 1 aromatic rings. The van der Waals surface area contributed by atoms with Crippen LogP contribution in [-0.4, -0.2) is 45.0 Å². The molecule has 1 fully saturated rings. The monoisotopic (exact) mass is 364 g/mol. The number of nitrogens with zero attached hydrogens (tertiary/aromatic N) is 1. The number of fused-ring (bicyclic) bond motifs is 1. The molecule has 1 N–H and O–H groups in total. The number of anilines is 1. The lowest BCUT2D eigenvalue weighted by Crippen LogP contribution is -2.38. The maximum Gasteiger partial charge on any atom is 0.221 e. The van der Waals surface area contributed by atoms with Crippen molar-refractivity contribution >= 4 is 21.4 Å². The SMILES string of the molecule is O=C(CCS(=O)(=O)C1CCCC1)NCCN1CCCc2ccccc21. The molecule has 1 heterocycles. The van der Waals surface area contributed by atoms with E-state index in [1.54, 1.807) is 0 Å². The summed E-state index contributed by atoms with van der Waals surface area (Å²) in [6.45, 7) is 2.32. The van der Waals surface area contributed by atoms with Gasteiger partial charge in [-0.05, 0) is 37.3 Å². The summed E-state index contributed by atoms with van der Waals surface area (Å²) in [6, 6.07) is 8.40. The van der Waals surface area contributed by atoms with Gasteiger partial charge in [0.25, 0.3) is 0 Å². The number of carbonyl (C=O) groups is 1. The van der Waals surface area contributed by atoms with E-state index in [-0.39, 0.29) is 23.3 Å². The molecule has 2 aliphatic rings. The first-order valence-electron chi connectivity index (χ1n) is 9.37. The maximum absolute atomic E-state index is 12.2. The fourth-order valence-electron chi connectivity index (χ4n) is 3.91. The molecule has 1 aromatic carbocycles. The number of benzene rings is 1. The van der Waals surface area contributed by atoms with Crippen LogP contribution in [0.5, 0.6) is 0 Å². The Morgan fingerprint density at radius 1 is 1.16 bits per heavy atom. The second-order valence-corrected chi connectivity index (χ2v) is 9.49. The minimum atomic E-state index is -3.11. The molecule has 0 saturated heterocycles. The van der Waals surface area contributed by atoms with Gasteiger partial charge in [-0.2, -0.15) is 0 Å². The Balaban J connectivity index is 1.41. The maximum atomic E-state index is 12.2. The predicted molar refractivity (Wildman–Crippen MR) is 101 cm³/mol. The number of rotatable bonds is 7. The Bertz CT molecular complexity index is 696. The molecule has 1 aliphatic carbocycles. The van der Waals surface area contributed by atoms with Crippen molar-refractivity contribution in [2.24, 2.45) is 0 Å². The van der Waals surface area contributed by atoms with Crippen molar-refractivity contribution < 1.29 is 13.2 Å². The first kappa shape index (κ1) is 18.2. The van der Waals surface area contributed by atoms with Crippen LogP contribution in [0.25, 0.3) is 0 Å². The van der Waals surface area contributed by atoms with Crippen LogP contribution in [0.15, 0.2) is 24.3 Å². The summed E-state index contributed by atoms with van der Waals surface area (Å²) in [5, 5.41) is 2.66. The number of hydrogen-bond donors (Lipinski definition) is 1. The summed E-state index contributed by atoms with van der Waals surface area (Å²) in [7, 11) is -3.11. The van der Waals surface area contributed by atoms with Crippen LogP contribution >= 0.6 is 0 Å². The predicted octanol–water partition coefficient (Wildman–Crippen LogP) is 2.30. The van der Waals surface area contributed by atoms with E-state index in [4.69, 9.17) is 0 Å². The van der Waals surface area contributed by atoms with E-state index in [0.717, 1.165) is 51.6 Å². The molecule has 6 heteroatoms. The zero-order chi connectivity index (χ0) is 17.7. The molecular formula is C19H28N2O3S. The molecule has 1 aliphatic heterocycles. The zero-order valence-corrected chi connectivity index (χ0v) is 15.6. The highest BCUT2D eigenvalue weighted by molar-refractivity contribution is 7.92. The summed E-state index contributed by atoms with van der Waals surface area (Å²) in [6.07, 6.45) is 5.83. The van der Waals surface area contributed by atoms with Crippen LogP contribution in [-0.2, 0) is 21.1 Å². The fourth-order valence-corrected chi connectivity index (χ4v) is 5.77. The van der Waals surface area contributed by atoms with Gasteiger partial charge in [0.1, 0.15) is 0 Å². The second-order valence-electron chi connectivity index (χ2n) is 7.09. The van der Waals surface area contributed by atoms with Gasteiger partial charge in [0.2, 0.25) is 5.91 Å². The van der Waals surface area contributed by atoms with Crippen molar-refractivity contribution in [2.45, 2.75) is 50.2 Å². The topological polar surface area (TPSA) is 66.5 Å². The Hall–Kier alpha value is -1.56. The molecule has 3 rings (SSSR count). The van der Waals surface area contributed by atoms with E-state index in [1.807, 2.05) is 6.07 Å². The number of para-hydroxylation sites is 1. The minimum Gasteiger partial charge on any atom is -0.370 e. The van der Waals surface area contributed by atoms with Crippen molar-refractivity contribution in [1.29, 1.82) is 0 Å². The van der Waals surface area contributed by atoms with E-state index in [2.05, 4.69) is 28.4 Å². The molecule has 5 nitrogen and oxygen atoms in total. The van der Waals surface area contributed by atoms with Gasteiger partial charge in [-0.3, -0.25) is 4.79 Å².